The third-order valence-electron chi connectivity index (χ3n) is 1.43. The van der Waals surface area contributed by atoms with Crippen LogP contribution in [0.3, 0.4) is 0 Å². The van der Waals surface area contributed by atoms with Gasteiger partial charge in [-0.15, -0.1) is 11.3 Å². The molecule has 14 heavy (non-hydrogen) atoms. The second-order valence-corrected chi connectivity index (χ2v) is 3.29. The lowest BCUT2D eigenvalue weighted by Crippen LogP contribution is -2.04. The molecule has 0 saturated heterocycles. The Bertz CT molecular complexity index is 319. The van der Waals surface area contributed by atoms with E-state index in [1.807, 2.05) is 6.92 Å². The summed E-state index contributed by atoms with van der Waals surface area (Å²) in [6.45, 7) is 1.87. The molecule has 0 N–H and O–H groups in total. The number of hydrogen-bond donors (Lipinski definition) is 0. The largest absolute Gasteiger partial charge is 0.501 e. The van der Waals surface area contributed by atoms with Gasteiger partial charge >= 0.3 is 5.97 Å². The highest BCUT2D eigenvalue weighted by molar-refractivity contribution is 7.11. The first-order valence-corrected chi connectivity index (χ1v) is 4.99. The highest BCUT2D eigenvalue weighted by Gasteiger charge is 2.11. The maximum Gasteiger partial charge on any atom is 0.372 e. The van der Waals surface area contributed by atoms with Crippen molar-refractivity contribution in [1.82, 2.24) is 4.98 Å². The van der Waals surface area contributed by atoms with Gasteiger partial charge in [-0.05, 0) is 0 Å². The molecule has 0 amide bonds. The normalized spacial score (nSPS) is 11.1. The van der Waals surface area contributed by atoms with Gasteiger partial charge in [-0.3, -0.25) is 0 Å². The first-order valence-electron chi connectivity index (χ1n) is 4.11. The fourth-order valence-corrected chi connectivity index (χ4v) is 1.31. The lowest BCUT2D eigenvalue weighted by molar-refractivity contribution is 0.0602. The Morgan fingerprint density at radius 3 is 3.00 bits per heavy atom. The molecular weight excluding hydrogens is 202 g/mol. The molecular formula is C9H11NO3S. The predicted molar refractivity (Wildman–Crippen MR) is 52.9 cm³/mol. The van der Waals surface area contributed by atoms with E-state index in [-0.39, 0.29) is 0 Å². The topological polar surface area (TPSA) is 48.4 Å². The summed E-state index contributed by atoms with van der Waals surface area (Å²) in [4.78, 5) is 15.2. The van der Waals surface area contributed by atoms with Crippen LogP contribution in [0.5, 0.6) is 0 Å². The number of allylic oxidation sites excluding steroid dienone is 1. The van der Waals surface area contributed by atoms with Crippen LogP contribution in [-0.4, -0.2) is 18.1 Å². The van der Waals surface area contributed by atoms with Crippen molar-refractivity contribution in [3.05, 3.63) is 28.6 Å². The molecule has 76 valence electrons. The average Bonchev–Trinajstić information content (AvgIpc) is 2.69. The van der Waals surface area contributed by atoms with Crippen molar-refractivity contribution in [2.75, 3.05) is 7.11 Å². The summed E-state index contributed by atoms with van der Waals surface area (Å²) < 4.78 is 9.79. The van der Waals surface area contributed by atoms with Gasteiger partial charge in [0, 0.05) is 18.0 Å². The van der Waals surface area contributed by atoms with E-state index in [1.54, 1.807) is 11.6 Å². The third-order valence-corrected chi connectivity index (χ3v) is 2.18. The Hall–Kier alpha value is -1.36. The lowest BCUT2D eigenvalue weighted by Gasteiger charge is -2.03. The van der Waals surface area contributed by atoms with Crippen molar-refractivity contribution >= 4 is 17.3 Å². The molecule has 0 aliphatic carbocycles. The zero-order valence-electron chi connectivity index (χ0n) is 8.02. The van der Waals surface area contributed by atoms with Gasteiger partial charge in [0.25, 0.3) is 0 Å². The van der Waals surface area contributed by atoms with E-state index >= 15 is 0 Å². The quantitative estimate of drug-likeness (QED) is 0.568. The fourth-order valence-electron chi connectivity index (χ4n) is 0.798. The molecule has 0 saturated carbocycles. The highest BCUT2D eigenvalue weighted by Crippen LogP contribution is 2.10. The second kappa shape index (κ2) is 5.39. The van der Waals surface area contributed by atoms with Gasteiger partial charge in [-0.1, -0.05) is 6.92 Å². The Kier molecular flexibility index (Phi) is 4.12. The summed E-state index contributed by atoms with van der Waals surface area (Å²) in [6.07, 6.45) is 3.57. The SMILES string of the molecule is CCC(=COC)OC(=O)c1nccs1. The van der Waals surface area contributed by atoms with Gasteiger partial charge in [0.1, 0.15) is 12.0 Å². The zero-order valence-corrected chi connectivity index (χ0v) is 8.84. The van der Waals surface area contributed by atoms with Crippen molar-refractivity contribution in [3.63, 3.8) is 0 Å². The Morgan fingerprint density at radius 1 is 1.71 bits per heavy atom. The number of ether oxygens (including phenoxy) is 2. The summed E-state index contributed by atoms with van der Waals surface area (Å²) in [5, 5.41) is 2.07. The molecule has 0 atom stereocenters. The van der Waals surface area contributed by atoms with E-state index in [0.717, 1.165) is 0 Å². The number of carbonyl (C=O) groups excluding carboxylic acids is 1. The summed E-state index contributed by atoms with van der Waals surface area (Å²) in [5.41, 5.74) is 0. The minimum absolute atomic E-state index is 0.348. The van der Waals surface area contributed by atoms with Crippen LogP contribution in [0.2, 0.25) is 0 Å². The van der Waals surface area contributed by atoms with Crippen LogP contribution >= 0.6 is 11.3 Å². The van der Waals surface area contributed by atoms with Crippen LogP contribution in [0.25, 0.3) is 0 Å². The molecule has 1 heterocycles. The number of esters is 1. The number of aromatic nitrogens is 1. The van der Waals surface area contributed by atoms with Gasteiger partial charge in [0.2, 0.25) is 5.01 Å². The van der Waals surface area contributed by atoms with Gasteiger partial charge in [-0.25, -0.2) is 9.78 Å². The minimum atomic E-state index is -0.440. The molecule has 0 bridgehead atoms. The summed E-state index contributed by atoms with van der Waals surface area (Å²) in [6, 6.07) is 0. The molecule has 1 aromatic rings. The van der Waals surface area contributed by atoms with Crippen LogP contribution in [0.4, 0.5) is 0 Å². The van der Waals surface area contributed by atoms with E-state index in [4.69, 9.17) is 9.47 Å². The molecule has 5 heteroatoms. The first-order chi connectivity index (χ1) is 6.77. The number of nitrogens with zero attached hydrogens (tertiary/aromatic N) is 1. The molecule has 1 aromatic heterocycles. The van der Waals surface area contributed by atoms with E-state index in [2.05, 4.69) is 4.98 Å². The number of hydrogen-bond acceptors (Lipinski definition) is 5. The lowest BCUT2D eigenvalue weighted by atomic mass is 10.4. The first kappa shape index (κ1) is 10.7. The number of rotatable bonds is 4. The number of methoxy groups -OCH3 is 1. The molecule has 0 aromatic carbocycles. The van der Waals surface area contributed by atoms with Gasteiger partial charge in [0.05, 0.1) is 7.11 Å². The van der Waals surface area contributed by atoms with Crippen LogP contribution in [0.1, 0.15) is 23.1 Å². The zero-order chi connectivity index (χ0) is 10.4. The predicted octanol–water partition coefficient (Wildman–Crippen LogP) is 2.20. The Balaban J connectivity index is 2.60. The minimum Gasteiger partial charge on any atom is -0.501 e. The van der Waals surface area contributed by atoms with Crippen molar-refractivity contribution in [2.24, 2.45) is 0 Å². The maximum atomic E-state index is 11.4. The van der Waals surface area contributed by atoms with Crippen LogP contribution in [0, 0.1) is 0 Å². The molecule has 0 unspecified atom stereocenters. The summed E-state index contributed by atoms with van der Waals surface area (Å²) in [7, 11) is 1.51. The molecule has 0 radical (unpaired) electrons. The maximum absolute atomic E-state index is 11.4. The molecule has 0 aliphatic rings. The Labute approximate surface area is 86.2 Å². The van der Waals surface area contributed by atoms with Crippen LogP contribution in [0.15, 0.2) is 23.6 Å². The highest BCUT2D eigenvalue weighted by atomic mass is 32.1. The van der Waals surface area contributed by atoms with Gasteiger partial charge in [0.15, 0.2) is 0 Å². The molecule has 0 fully saturated rings. The monoisotopic (exact) mass is 213 g/mol. The van der Waals surface area contributed by atoms with Crippen LogP contribution in [-0.2, 0) is 9.47 Å². The van der Waals surface area contributed by atoms with Crippen molar-refractivity contribution in [1.29, 1.82) is 0 Å². The Morgan fingerprint density at radius 2 is 2.50 bits per heavy atom. The third kappa shape index (κ3) is 2.85. The van der Waals surface area contributed by atoms with Gasteiger partial charge < -0.3 is 9.47 Å². The van der Waals surface area contributed by atoms with Gasteiger partial charge in [-0.2, -0.15) is 0 Å². The van der Waals surface area contributed by atoms with Crippen LogP contribution < -0.4 is 0 Å². The van der Waals surface area contributed by atoms with E-state index in [0.29, 0.717) is 17.2 Å². The van der Waals surface area contributed by atoms with Crippen molar-refractivity contribution < 1.29 is 14.3 Å². The molecule has 0 aliphatic heterocycles. The standard InChI is InChI=1S/C9H11NO3S/c1-3-7(6-12-2)13-9(11)8-10-4-5-14-8/h4-6H,3H2,1-2H3. The second-order valence-electron chi connectivity index (χ2n) is 2.40. The smallest absolute Gasteiger partial charge is 0.372 e. The van der Waals surface area contributed by atoms with E-state index < -0.39 is 5.97 Å². The van der Waals surface area contributed by atoms with E-state index in [9.17, 15) is 4.79 Å². The molecule has 1 rings (SSSR count). The summed E-state index contributed by atoms with van der Waals surface area (Å²) >= 11 is 1.25. The summed E-state index contributed by atoms with van der Waals surface area (Å²) in [5.74, 6) is 0.0536. The number of carbonyl (C=O) groups is 1. The van der Waals surface area contributed by atoms with Crippen molar-refractivity contribution in [2.45, 2.75) is 13.3 Å². The van der Waals surface area contributed by atoms with E-state index in [1.165, 1.54) is 24.7 Å². The number of thiazole rings is 1. The molecule has 4 nitrogen and oxygen atoms in total. The molecule has 0 spiro atoms. The average molecular weight is 213 g/mol. The fraction of sp³-hybridized carbons (Fsp3) is 0.333. The van der Waals surface area contributed by atoms with Crippen molar-refractivity contribution in [3.8, 4) is 0 Å².